The second-order valence-corrected chi connectivity index (χ2v) is 3.86. The standard InChI is InChI=1S/C10H17N3O2/c11-13-12-7-2-1-3-9-4-5-10(14)15-8-6-9/h9H,1-8H2. The third kappa shape index (κ3) is 5.27. The number of nitrogens with zero attached hydrogens (tertiary/aromatic N) is 3. The summed E-state index contributed by atoms with van der Waals surface area (Å²) in [5, 5.41) is 3.49. The van der Waals surface area contributed by atoms with Crippen LogP contribution in [0.5, 0.6) is 0 Å². The molecule has 1 aliphatic rings. The number of esters is 1. The third-order valence-electron chi connectivity index (χ3n) is 2.73. The van der Waals surface area contributed by atoms with Gasteiger partial charge in [-0.2, -0.15) is 0 Å². The van der Waals surface area contributed by atoms with E-state index in [0.717, 1.165) is 32.1 Å². The molecule has 0 aromatic carbocycles. The van der Waals surface area contributed by atoms with E-state index in [1.54, 1.807) is 0 Å². The van der Waals surface area contributed by atoms with Gasteiger partial charge in [-0.3, -0.25) is 4.79 Å². The lowest BCUT2D eigenvalue weighted by Crippen LogP contribution is -2.01. The van der Waals surface area contributed by atoms with Crippen molar-refractivity contribution in [2.75, 3.05) is 13.2 Å². The number of carbonyl (C=O) groups is 1. The molecule has 15 heavy (non-hydrogen) atoms. The Morgan fingerprint density at radius 2 is 2.33 bits per heavy atom. The lowest BCUT2D eigenvalue weighted by Gasteiger charge is -2.11. The molecule has 1 unspecified atom stereocenters. The van der Waals surface area contributed by atoms with Gasteiger partial charge in [-0.25, -0.2) is 0 Å². The van der Waals surface area contributed by atoms with Crippen molar-refractivity contribution < 1.29 is 9.53 Å². The summed E-state index contributed by atoms with van der Waals surface area (Å²) < 4.78 is 4.97. The topological polar surface area (TPSA) is 75.1 Å². The van der Waals surface area contributed by atoms with Crippen molar-refractivity contribution >= 4 is 5.97 Å². The first-order valence-corrected chi connectivity index (χ1v) is 5.49. The molecule has 1 saturated heterocycles. The lowest BCUT2D eigenvalue weighted by atomic mass is 9.94. The van der Waals surface area contributed by atoms with E-state index >= 15 is 0 Å². The van der Waals surface area contributed by atoms with Crippen molar-refractivity contribution in [3.63, 3.8) is 0 Å². The van der Waals surface area contributed by atoms with Gasteiger partial charge >= 0.3 is 5.97 Å². The van der Waals surface area contributed by atoms with Crippen LogP contribution in [-0.2, 0) is 9.53 Å². The highest BCUT2D eigenvalue weighted by Crippen LogP contribution is 2.21. The molecule has 1 aliphatic heterocycles. The van der Waals surface area contributed by atoms with Crippen molar-refractivity contribution in [2.45, 2.75) is 38.5 Å². The predicted octanol–water partition coefficient (Wildman–Crippen LogP) is 2.81. The highest BCUT2D eigenvalue weighted by molar-refractivity contribution is 5.69. The smallest absolute Gasteiger partial charge is 0.305 e. The van der Waals surface area contributed by atoms with Gasteiger partial charge in [0.25, 0.3) is 0 Å². The number of carbonyl (C=O) groups excluding carboxylic acids is 1. The molecule has 0 aliphatic carbocycles. The molecule has 0 saturated carbocycles. The van der Waals surface area contributed by atoms with E-state index in [4.69, 9.17) is 10.3 Å². The van der Waals surface area contributed by atoms with Crippen LogP contribution < -0.4 is 0 Å². The van der Waals surface area contributed by atoms with Crippen LogP contribution in [0.3, 0.4) is 0 Å². The first-order chi connectivity index (χ1) is 7.33. The molecular formula is C10H17N3O2. The first kappa shape index (κ1) is 11.9. The van der Waals surface area contributed by atoms with Crippen molar-refractivity contribution in [1.29, 1.82) is 0 Å². The minimum Gasteiger partial charge on any atom is -0.466 e. The molecule has 0 radical (unpaired) electrons. The fourth-order valence-electron chi connectivity index (χ4n) is 1.83. The Bertz CT molecular complexity index is 249. The zero-order chi connectivity index (χ0) is 10.9. The van der Waals surface area contributed by atoms with Crippen LogP contribution in [0.2, 0.25) is 0 Å². The maximum Gasteiger partial charge on any atom is 0.305 e. The molecule has 84 valence electrons. The average Bonchev–Trinajstić information content (AvgIpc) is 2.43. The van der Waals surface area contributed by atoms with Gasteiger partial charge in [0.05, 0.1) is 6.61 Å². The molecule has 1 atom stereocenters. The number of cyclic esters (lactones) is 1. The van der Waals surface area contributed by atoms with E-state index in [-0.39, 0.29) is 5.97 Å². The Morgan fingerprint density at radius 3 is 3.13 bits per heavy atom. The molecule has 0 aromatic rings. The van der Waals surface area contributed by atoms with Gasteiger partial charge in [0.15, 0.2) is 0 Å². The quantitative estimate of drug-likeness (QED) is 0.230. The summed E-state index contributed by atoms with van der Waals surface area (Å²) in [6.45, 7) is 1.15. The van der Waals surface area contributed by atoms with Gasteiger partial charge in [-0.05, 0) is 30.7 Å². The predicted molar refractivity (Wildman–Crippen MR) is 56.2 cm³/mol. The third-order valence-corrected chi connectivity index (χ3v) is 2.73. The fourth-order valence-corrected chi connectivity index (χ4v) is 1.83. The summed E-state index contributed by atoms with van der Waals surface area (Å²) >= 11 is 0. The van der Waals surface area contributed by atoms with E-state index in [1.165, 1.54) is 0 Å². The zero-order valence-electron chi connectivity index (χ0n) is 8.89. The van der Waals surface area contributed by atoms with Gasteiger partial charge < -0.3 is 4.74 Å². The van der Waals surface area contributed by atoms with Crippen LogP contribution in [0.1, 0.15) is 38.5 Å². The Labute approximate surface area is 89.4 Å². The van der Waals surface area contributed by atoms with Crippen LogP contribution in [0.4, 0.5) is 0 Å². The number of hydrogen-bond acceptors (Lipinski definition) is 3. The van der Waals surface area contributed by atoms with Gasteiger partial charge in [0, 0.05) is 17.9 Å². The van der Waals surface area contributed by atoms with Gasteiger partial charge in [-0.15, -0.1) is 0 Å². The molecule has 0 N–H and O–H groups in total. The second kappa shape index (κ2) is 7.12. The van der Waals surface area contributed by atoms with E-state index in [0.29, 0.717) is 25.5 Å². The van der Waals surface area contributed by atoms with Crippen molar-refractivity contribution in [3.05, 3.63) is 10.4 Å². The number of ether oxygens (including phenoxy) is 1. The minimum atomic E-state index is -0.0634. The summed E-state index contributed by atoms with van der Waals surface area (Å²) in [4.78, 5) is 13.7. The van der Waals surface area contributed by atoms with Crippen LogP contribution in [0, 0.1) is 5.92 Å². The molecule has 5 nitrogen and oxygen atoms in total. The fraction of sp³-hybridized carbons (Fsp3) is 0.900. The molecule has 1 heterocycles. The Morgan fingerprint density at radius 1 is 1.47 bits per heavy atom. The van der Waals surface area contributed by atoms with Crippen molar-refractivity contribution in [1.82, 2.24) is 0 Å². The summed E-state index contributed by atoms with van der Waals surface area (Å²) in [6.07, 6.45) is 5.60. The van der Waals surface area contributed by atoms with Gasteiger partial charge in [0.2, 0.25) is 0 Å². The molecule has 0 amide bonds. The van der Waals surface area contributed by atoms with E-state index < -0.39 is 0 Å². The van der Waals surface area contributed by atoms with E-state index in [1.807, 2.05) is 0 Å². The highest BCUT2D eigenvalue weighted by atomic mass is 16.5. The second-order valence-electron chi connectivity index (χ2n) is 3.86. The molecule has 1 fully saturated rings. The highest BCUT2D eigenvalue weighted by Gasteiger charge is 2.16. The van der Waals surface area contributed by atoms with Gasteiger partial charge in [-0.1, -0.05) is 18.0 Å². The average molecular weight is 211 g/mol. The van der Waals surface area contributed by atoms with E-state index in [9.17, 15) is 4.79 Å². The summed E-state index contributed by atoms with van der Waals surface area (Å²) in [5.74, 6) is 0.536. The Balaban J connectivity index is 2.09. The minimum absolute atomic E-state index is 0.0634. The van der Waals surface area contributed by atoms with E-state index in [2.05, 4.69) is 10.0 Å². The molecular weight excluding hydrogens is 194 g/mol. The molecule has 5 heteroatoms. The molecule has 1 rings (SSSR count). The molecule has 0 spiro atoms. The normalized spacial score (nSPS) is 21.3. The molecule has 0 bridgehead atoms. The summed E-state index contributed by atoms with van der Waals surface area (Å²) in [6, 6.07) is 0. The SMILES string of the molecule is [N-]=[N+]=NCCCCC1CCOC(=O)CC1. The molecule has 0 aromatic heterocycles. The summed E-state index contributed by atoms with van der Waals surface area (Å²) in [7, 11) is 0. The monoisotopic (exact) mass is 211 g/mol. The number of azide groups is 1. The van der Waals surface area contributed by atoms with Gasteiger partial charge in [0.1, 0.15) is 0 Å². The zero-order valence-corrected chi connectivity index (χ0v) is 8.89. The van der Waals surface area contributed by atoms with Crippen LogP contribution in [0.15, 0.2) is 5.11 Å². The summed E-state index contributed by atoms with van der Waals surface area (Å²) in [5.41, 5.74) is 8.08. The van der Waals surface area contributed by atoms with Crippen molar-refractivity contribution in [3.8, 4) is 0 Å². The largest absolute Gasteiger partial charge is 0.466 e. The van der Waals surface area contributed by atoms with Crippen LogP contribution in [-0.4, -0.2) is 19.1 Å². The maximum absolute atomic E-state index is 11.0. The van der Waals surface area contributed by atoms with Crippen molar-refractivity contribution in [2.24, 2.45) is 11.0 Å². The maximum atomic E-state index is 11.0. The number of hydrogen-bond donors (Lipinski definition) is 0. The lowest BCUT2D eigenvalue weighted by molar-refractivity contribution is -0.142. The Hall–Kier alpha value is -1.22. The number of unbranched alkanes of at least 4 members (excludes halogenated alkanes) is 1. The van der Waals surface area contributed by atoms with Crippen LogP contribution >= 0.6 is 0 Å². The Kier molecular flexibility index (Phi) is 5.63. The number of rotatable bonds is 5. The van der Waals surface area contributed by atoms with Crippen LogP contribution in [0.25, 0.3) is 10.4 Å². The first-order valence-electron chi connectivity index (χ1n) is 5.49.